The van der Waals surface area contributed by atoms with Crippen LogP contribution in [0.5, 0.6) is 11.5 Å². The van der Waals surface area contributed by atoms with E-state index in [0.29, 0.717) is 17.1 Å². The summed E-state index contributed by atoms with van der Waals surface area (Å²) in [5, 5.41) is 2.88. The highest BCUT2D eigenvalue weighted by molar-refractivity contribution is 6.04. The predicted molar refractivity (Wildman–Crippen MR) is 87.9 cm³/mol. The second-order valence-electron chi connectivity index (χ2n) is 4.97. The van der Waals surface area contributed by atoms with Crippen molar-refractivity contribution in [3.63, 3.8) is 0 Å². The molecule has 0 unspecified atom stereocenters. The number of rotatable bonds is 6. The summed E-state index contributed by atoms with van der Waals surface area (Å²) < 4.78 is 10.4. The van der Waals surface area contributed by atoms with Crippen LogP contribution in [0.25, 0.3) is 0 Å². The molecule has 0 fully saturated rings. The maximum atomic E-state index is 12.3. The zero-order valence-corrected chi connectivity index (χ0v) is 13.2. The minimum absolute atomic E-state index is 0.177. The van der Waals surface area contributed by atoms with Crippen molar-refractivity contribution in [3.8, 4) is 11.5 Å². The van der Waals surface area contributed by atoms with Gasteiger partial charge in [-0.15, -0.1) is 0 Å². The Hall–Kier alpha value is -2.49. The van der Waals surface area contributed by atoms with Crippen molar-refractivity contribution < 1.29 is 14.3 Å². The number of carbonyl (C=O) groups is 1. The number of amides is 1. The van der Waals surface area contributed by atoms with Gasteiger partial charge in [0.25, 0.3) is 5.91 Å². The lowest BCUT2D eigenvalue weighted by atomic mass is 10.1. The van der Waals surface area contributed by atoms with Crippen molar-refractivity contribution in [2.24, 2.45) is 0 Å². The molecule has 0 aromatic heterocycles. The predicted octanol–water partition coefficient (Wildman–Crippen LogP) is 3.91. The Bertz CT molecular complexity index is 635. The lowest BCUT2D eigenvalue weighted by Gasteiger charge is -2.10. The highest BCUT2D eigenvalue weighted by Crippen LogP contribution is 2.27. The number of nitrogens with one attached hydrogen (secondary N) is 1. The number of hydrogen-bond donors (Lipinski definition) is 1. The molecule has 0 spiro atoms. The highest BCUT2D eigenvalue weighted by Gasteiger charge is 2.11. The molecule has 2 rings (SSSR count). The number of benzene rings is 2. The fraction of sp³-hybridized carbons (Fsp3) is 0.278. The van der Waals surface area contributed by atoms with E-state index in [-0.39, 0.29) is 5.91 Å². The van der Waals surface area contributed by atoms with E-state index in [9.17, 15) is 4.79 Å². The normalized spacial score (nSPS) is 10.1. The largest absolute Gasteiger partial charge is 0.493 e. The highest BCUT2D eigenvalue weighted by atomic mass is 16.5. The number of ether oxygens (including phenoxy) is 2. The van der Waals surface area contributed by atoms with Crippen molar-refractivity contribution in [1.82, 2.24) is 0 Å². The standard InChI is InChI=1S/C18H21NO3/c1-4-5-13-6-9-15(10-7-13)19-18(20)14-8-11-16(21-2)17(12-14)22-3/h6-12H,4-5H2,1-3H3,(H,19,20). The molecule has 2 aromatic carbocycles. The van der Waals surface area contributed by atoms with Crippen molar-refractivity contribution in [2.45, 2.75) is 19.8 Å². The number of carbonyl (C=O) groups excluding carboxylic acids is 1. The fourth-order valence-electron chi connectivity index (χ4n) is 2.22. The van der Waals surface area contributed by atoms with Gasteiger partial charge in [-0.05, 0) is 42.3 Å². The molecule has 0 aliphatic heterocycles. The average Bonchev–Trinajstić information content (AvgIpc) is 2.56. The summed E-state index contributed by atoms with van der Waals surface area (Å²) in [4.78, 5) is 12.3. The van der Waals surface area contributed by atoms with Gasteiger partial charge in [0.15, 0.2) is 11.5 Å². The van der Waals surface area contributed by atoms with Gasteiger partial charge in [-0.25, -0.2) is 0 Å². The Balaban J connectivity index is 2.11. The van der Waals surface area contributed by atoms with Crippen molar-refractivity contribution in [3.05, 3.63) is 53.6 Å². The van der Waals surface area contributed by atoms with Gasteiger partial charge in [-0.3, -0.25) is 4.79 Å². The van der Waals surface area contributed by atoms with Gasteiger partial charge >= 0.3 is 0 Å². The Morgan fingerprint density at radius 1 is 1.00 bits per heavy atom. The van der Waals surface area contributed by atoms with E-state index >= 15 is 0 Å². The maximum absolute atomic E-state index is 12.3. The Morgan fingerprint density at radius 2 is 1.68 bits per heavy atom. The number of anilines is 1. The monoisotopic (exact) mass is 299 g/mol. The van der Waals surface area contributed by atoms with Gasteiger partial charge in [0.2, 0.25) is 0 Å². The molecule has 4 nitrogen and oxygen atoms in total. The smallest absolute Gasteiger partial charge is 0.255 e. The van der Waals surface area contributed by atoms with Gasteiger partial charge in [-0.2, -0.15) is 0 Å². The van der Waals surface area contributed by atoms with E-state index in [0.717, 1.165) is 18.5 Å². The zero-order chi connectivity index (χ0) is 15.9. The maximum Gasteiger partial charge on any atom is 0.255 e. The quantitative estimate of drug-likeness (QED) is 0.879. The first-order valence-corrected chi connectivity index (χ1v) is 7.30. The minimum atomic E-state index is -0.177. The van der Waals surface area contributed by atoms with E-state index in [1.165, 1.54) is 5.56 Å². The molecular formula is C18H21NO3. The molecule has 0 aliphatic rings. The zero-order valence-electron chi connectivity index (χ0n) is 13.2. The summed E-state index contributed by atoms with van der Waals surface area (Å²) >= 11 is 0. The van der Waals surface area contributed by atoms with Crippen LogP contribution < -0.4 is 14.8 Å². The van der Waals surface area contributed by atoms with Crippen LogP contribution in [0.2, 0.25) is 0 Å². The first-order chi connectivity index (χ1) is 10.7. The third kappa shape index (κ3) is 3.79. The fourth-order valence-corrected chi connectivity index (χ4v) is 2.22. The second kappa shape index (κ2) is 7.50. The van der Waals surface area contributed by atoms with Gasteiger partial charge < -0.3 is 14.8 Å². The molecule has 0 saturated carbocycles. The van der Waals surface area contributed by atoms with Crippen LogP contribution in [0.4, 0.5) is 5.69 Å². The molecule has 0 radical (unpaired) electrons. The Labute approximate surface area is 131 Å². The van der Waals surface area contributed by atoms with Gasteiger partial charge in [0.05, 0.1) is 14.2 Å². The molecule has 2 aromatic rings. The van der Waals surface area contributed by atoms with Crippen molar-refractivity contribution >= 4 is 11.6 Å². The van der Waals surface area contributed by atoms with E-state index in [1.54, 1.807) is 32.4 Å². The van der Waals surface area contributed by atoms with Crippen molar-refractivity contribution in [2.75, 3.05) is 19.5 Å². The molecule has 0 saturated heterocycles. The topological polar surface area (TPSA) is 47.6 Å². The number of aryl methyl sites for hydroxylation is 1. The first-order valence-electron chi connectivity index (χ1n) is 7.30. The number of hydrogen-bond acceptors (Lipinski definition) is 3. The summed E-state index contributed by atoms with van der Waals surface area (Å²) in [6.45, 7) is 2.15. The molecule has 0 bridgehead atoms. The van der Waals surface area contributed by atoms with Crippen LogP contribution in [-0.4, -0.2) is 20.1 Å². The Kier molecular flexibility index (Phi) is 5.42. The third-order valence-corrected chi connectivity index (χ3v) is 3.40. The second-order valence-corrected chi connectivity index (χ2v) is 4.97. The third-order valence-electron chi connectivity index (χ3n) is 3.40. The van der Waals surface area contributed by atoms with Crippen LogP contribution in [0.3, 0.4) is 0 Å². The molecule has 116 valence electrons. The van der Waals surface area contributed by atoms with E-state index in [2.05, 4.69) is 12.2 Å². The van der Waals surface area contributed by atoms with Crippen LogP contribution >= 0.6 is 0 Å². The van der Waals surface area contributed by atoms with Crippen molar-refractivity contribution in [1.29, 1.82) is 0 Å². The summed E-state index contributed by atoms with van der Waals surface area (Å²) in [6.07, 6.45) is 2.15. The van der Waals surface area contributed by atoms with Crippen LogP contribution in [0, 0.1) is 0 Å². The van der Waals surface area contributed by atoms with E-state index in [4.69, 9.17) is 9.47 Å². The lowest BCUT2D eigenvalue weighted by molar-refractivity contribution is 0.102. The molecule has 0 aliphatic carbocycles. The first kappa shape index (κ1) is 15.9. The minimum Gasteiger partial charge on any atom is -0.493 e. The number of methoxy groups -OCH3 is 2. The molecular weight excluding hydrogens is 278 g/mol. The summed E-state index contributed by atoms with van der Waals surface area (Å²) in [7, 11) is 3.11. The summed E-state index contributed by atoms with van der Waals surface area (Å²) in [6, 6.07) is 13.0. The van der Waals surface area contributed by atoms with Gasteiger partial charge in [0, 0.05) is 11.3 Å². The average molecular weight is 299 g/mol. The molecule has 22 heavy (non-hydrogen) atoms. The van der Waals surface area contributed by atoms with Crippen LogP contribution in [0.15, 0.2) is 42.5 Å². The van der Waals surface area contributed by atoms with Gasteiger partial charge in [-0.1, -0.05) is 25.5 Å². The SMILES string of the molecule is CCCc1ccc(NC(=O)c2ccc(OC)c(OC)c2)cc1. The van der Waals surface area contributed by atoms with Crippen LogP contribution in [0.1, 0.15) is 29.3 Å². The lowest BCUT2D eigenvalue weighted by Crippen LogP contribution is -2.12. The molecule has 0 heterocycles. The van der Waals surface area contributed by atoms with E-state index < -0.39 is 0 Å². The van der Waals surface area contributed by atoms with Crippen LogP contribution in [-0.2, 0) is 6.42 Å². The molecule has 4 heteroatoms. The van der Waals surface area contributed by atoms with Gasteiger partial charge in [0.1, 0.15) is 0 Å². The summed E-state index contributed by atoms with van der Waals surface area (Å²) in [5.41, 5.74) is 2.57. The molecule has 1 N–H and O–H groups in total. The Morgan fingerprint density at radius 3 is 2.27 bits per heavy atom. The molecule has 1 amide bonds. The summed E-state index contributed by atoms with van der Waals surface area (Å²) in [5.74, 6) is 0.959. The van der Waals surface area contributed by atoms with E-state index in [1.807, 2.05) is 24.3 Å². The molecule has 0 atom stereocenters.